The zero-order valence-electron chi connectivity index (χ0n) is 40.4. The Balaban J connectivity index is 1.22. The lowest BCUT2D eigenvalue weighted by atomic mass is 9.85. The predicted octanol–water partition coefficient (Wildman–Crippen LogP) is 16.8. The molecule has 0 saturated carbocycles. The first kappa shape index (κ1) is 43.9. The molecule has 332 valence electrons. The largest absolute Gasteiger partial charge is 0.457 e. The summed E-state index contributed by atoms with van der Waals surface area (Å²) >= 11 is 0. The van der Waals surface area contributed by atoms with Crippen molar-refractivity contribution in [2.75, 3.05) is 16.5 Å². The zero-order chi connectivity index (χ0) is 45.7. The van der Waals surface area contributed by atoms with E-state index in [4.69, 9.17) is 9.72 Å². The third-order valence-corrected chi connectivity index (χ3v) is 13.1. The molecule has 0 amide bonds. The van der Waals surface area contributed by atoms with Crippen LogP contribution >= 0.6 is 0 Å². The molecule has 6 aromatic carbocycles. The first-order chi connectivity index (χ1) is 31.2. The van der Waals surface area contributed by atoms with Gasteiger partial charge < -0.3 is 14.5 Å². The summed E-state index contributed by atoms with van der Waals surface area (Å²) < 4.78 is 9.46. The van der Waals surface area contributed by atoms with E-state index in [1.54, 1.807) is 0 Å². The van der Waals surface area contributed by atoms with E-state index in [0.717, 1.165) is 46.9 Å². The lowest BCUT2D eigenvalue weighted by Gasteiger charge is -2.28. The van der Waals surface area contributed by atoms with Crippen LogP contribution in [0.4, 0.5) is 22.7 Å². The van der Waals surface area contributed by atoms with Crippen LogP contribution in [0.5, 0.6) is 11.5 Å². The third-order valence-electron chi connectivity index (χ3n) is 13.1. The molecule has 8 aromatic rings. The Morgan fingerprint density at radius 1 is 0.569 bits per heavy atom. The molecule has 0 spiro atoms. The van der Waals surface area contributed by atoms with Crippen LogP contribution in [0, 0.1) is 11.8 Å². The van der Waals surface area contributed by atoms with Crippen LogP contribution in [-0.2, 0) is 18.3 Å². The van der Waals surface area contributed by atoms with Crippen molar-refractivity contribution in [3.63, 3.8) is 0 Å². The molecule has 5 heteroatoms. The van der Waals surface area contributed by atoms with Crippen molar-refractivity contribution in [1.82, 2.24) is 9.55 Å². The topological polar surface area (TPSA) is 33.5 Å². The van der Waals surface area contributed by atoms with Crippen molar-refractivity contribution in [2.45, 2.75) is 106 Å². The number of anilines is 4. The number of hydrogen-bond acceptors (Lipinski definition) is 4. The van der Waals surface area contributed by atoms with E-state index in [0.29, 0.717) is 30.3 Å². The van der Waals surface area contributed by atoms with Crippen LogP contribution in [-0.4, -0.2) is 16.2 Å². The van der Waals surface area contributed by atoms with Gasteiger partial charge in [0.2, 0.25) is 0 Å². The maximum absolute atomic E-state index is 7.17. The summed E-state index contributed by atoms with van der Waals surface area (Å²) in [6.45, 7) is 26.0. The number of pyridine rings is 1. The minimum absolute atomic E-state index is 0.0161. The Labute approximate surface area is 387 Å². The fourth-order valence-electron chi connectivity index (χ4n) is 10.1. The number of para-hydroxylation sites is 4. The van der Waals surface area contributed by atoms with E-state index in [1.807, 2.05) is 6.20 Å². The molecule has 0 saturated heterocycles. The molecule has 0 fully saturated rings. The van der Waals surface area contributed by atoms with Crippen molar-refractivity contribution in [1.29, 1.82) is 0 Å². The number of hydrogen-bond donors (Lipinski definition) is 0. The Morgan fingerprint density at radius 3 is 1.83 bits per heavy atom. The normalized spacial score (nSPS) is 13.1. The number of nitrogens with zero attached hydrogens (tertiary/aromatic N) is 4. The second kappa shape index (κ2) is 17.6. The maximum atomic E-state index is 7.17. The van der Waals surface area contributed by atoms with Crippen molar-refractivity contribution in [3.8, 4) is 28.4 Å². The summed E-state index contributed by atoms with van der Waals surface area (Å²) in [6, 6.07) is 49.2. The quantitative estimate of drug-likeness (QED) is 0.123. The van der Waals surface area contributed by atoms with Crippen molar-refractivity contribution in [2.24, 2.45) is 11.8 Å². The van der Waals surface area contributed by atoms with Gasteiger partial charge in [-0.25, -0.2) is 4.98 Å². The summed E-state index contributed by atoms with van der Waals surface area (Å²) in [5.74, 6) is 4.24. The molecule has 1 aliphatic heterocycles. The Bertz CT molecular complexity index is 2960. The van der Waals surface area contributed by atoms with E-state index in [1.165, 1.54) is 66.8 Å². The molecule has 0 atom stereocenters. The summed E-state index contributed by atoms with van der Waals surface area (Å²) in [5, 5.41) is 2.36. The summed E-state index contributed by atoms with van der Waals surface area (Å²) in [6.07, 6.45) is 3.99. The van der Waals surface area contributed by atoms with Gasteiger partial charge in [0, 0.05) is 40.5 Å². The smallest absolute Gasteiger partial charge is 0.137 e. The minimum Gasteiger partial charge on any atom is -0.457 e. The van der Waals surface area contributed by atoms with Gasteiger partial charge in [-0.3, -0.25) is 4.57 Å². The van der Waals surface area contributed by atoms with Gasteiger partial charge in [-0.2, -0.15) is 0 Å². The van der Waals surface area contributed by atoms with E-state index in [2.05, 4.69) is 224 Å². The van der Waals surface area contributed by atoms with E-state index in [9.17, 15) is 0 Å². The second-order valence-electron chi connectivity index (χ2n) is 20.7. The first-order valence-corrected chi connectivity index (χ1v) is 23.9. The van der Waals surface area contributed by atoms with Crippen LogP contribution in [0.25, 0.3) is 38.8 Å². The zero-order valence-corrected chi connectivity index (χ0v) is 40.4. The van der Waals surface area contributed by atoms with Crippen LogP contribution in [0.2, 0.25) is 0 Å². The van der Waals surface area contributed by atoms with Gasteiger partial charge >= 0.3 is 0 Å². The molecule has 3 heterocycles. The number of aromatic nitrogens is 2. The molecule has 0 bridgehead atoms. The van der Waals surface area contributed by atoms with Gasteiger partial charge in [0.25, 0.3) is 0 Å². The van der Waals surface area contributed by atoms with Crippen LogP contribution in [0.15, 0.2) is 140 Å². The predicted molar refractivity (Wildman–Crippen MR) is 277 cm³/mol. The molecule has 65 heavy (non-hydrogen) atoms. The van der Waals surface area contributed by atoms with E-state index >= 15 is 0 Å². The molecular weight excluding hydrogens is 793 g/mol. The van der Waals surface area contributed by atoms with Crippen molar-refractivity contribution >= 4 is 44.6 Å². The molecule has 9 rings (SSSR count). The number of rotatable bonds is 12. The molecule has 0 radical (unpaired) electrons. The lowest BCUT2D eigenvalue weighted by Crippen LogP contribution is -2.26. The monoisotopic (exact) mass is 859 g/mol. The number of benzene rings is 6. The van der Waals surface area contributed by atoms with Crippen molar-refractivity contribution in [3.05, 3.63) is 167 Å². The first-order valence-electron chi connectivity index (χ1n) is 23.9. The van der Waals surface area contributed by atoms with Gasteiger partial charge in [0.15, 0.2) is 0 Å². The van der Waals surface area contributed by atoms with Gasteiger partial charge in [0.1, 0.15) is 24.0 Å². The average molecular weight is 859 g/mol. The Morgan fingerprint density at radius 2 is 1.18 bits per heavy atom. The molecule has 1 aliphatic rings. The summed E-state index contributed by atoms with van der Waals surface area (Å²) in [5.41, 5.74) is 16.3. The number of fused-ring (bicyclic) bond motifs is 4. The van der Waals surface area contributed by atoms with E-state index < -0.39 is 0 Å². The maximum Gasteiger partial charge on any atom is 0.137 e. The van der Waals surface area contributed by atoms with Crippen molar-refractivity contribution < 1.29 is 4.74 Å². The Hall–Kier alpha value is -6.33. The summed E-state index contributed by atoms with van der Waals surface area (Å²) in [7, 11) is 0. The van der Waals surface area contributed by atoms with Gasteiger partial charge in [-0.15, -0.1) is 0 Å². The van der Waals surface area contributed by atoms with Gasteiger partial charge in [0.05, 0.1) is 22.4 Å². The average Bonchev–Trinajstić information content (AvgIpc) is 3.81. The minimum atomic E-state index is -0.0161. The lowest BCUT2D eigenvalue weighted by molar-refractivity contribution is 0.483. The van der Waals surface area contributed by atoms with Crippen LogP contribution < -0.4 is 14.5 Å². The molecule has 0 N–H and O–H groups in total. The second-order valence-corrected chi connectivity index (χ2v) is 20.7. The molecule has 5 nitrogen and oxygen atoms in total. The molecule has 0 unspecified atom stereocenters. The highest BCUT2D eigenvalue weighted by Crippen LogP contribution is 2.49. The highest BCUT2D eigenvalue weighted by Gasteiger charge is 2.32. The SMILES string of the molecule is CC(C)Cc1cccc(CC(C)C)c1N1CN(c2cc(Oc3ccc4c5ccccc5n(-c5cc(C(C)(C)C)ccn5)c4c3)cc(-c3c(C(C)C)cccc3C(C)C)c2)c2ccccc21. The van der Waals surface area contributed by atoms with Gasteiger partial charge in [-0.05, 0) is 135 Å². The Kier molecular flexibility index (Phi) is 11.9. The fourth-order valence-corrected chi connectivity index (χ4v) is 10.1. The molecular formula is C60H66N4O. The van der Waals surface area contributed by atoms with Crippen LogP contribution in [0.1, 0.15) is 116 Å². The third kappa shape index (κ3) is 8.54. The molecule has 2 aromatic heterocycles. The number of ether oxygens (including phenoxy) is 1. The highest BCUT2D eigenvalue weighted by atomic mass is 16.5. The summed E-state index contributed by atoms with van der Waals surface area (Å²) in [4.78, 5) is 10.0. The standard InChI is InChI=1S/C60H66N4O/c1-38(2)30-42-18-16-19-43(31-39(3)4)59(42)63-37-62(54-24-14-15-25-55(54)63)46-32-44(58-49(40(5)6)21-17-22-50(58)41(7)8)33-48(35-46)65-47-26-27-52-51-20-12-13-23-53(51)64(56(52)36-47)57-34-45(28-29-61-57)60(9,10)11/h12-29,32-36,38-41H,30-31,37H2,1-11H3. The van der Waals surface area contributed by atoms with Crippen LogP contribution in [0.3, 0.4) is 0 Å². The van der Waals surface area contributed by atoms with E-state index in [-0.39, 0.29) is 5.41 Å². The fraction of sp³-hybridized carbons (Fsp3) is 0.317. The highest BCUT2D eigenvalue weighted by molar-refractivity contribution is 6.09. The van der Waals surface area contributed by atoms with Gasteiger partial charge in [-0.1, -0.05) is 143 Å². The molecule has 0 aliphatic carbocycles.